The molecule has 0 amide bonds. The van der Waals surface area contributed by atoms with Gasteiger partial charge in [-0.15, -0.1) is 0 Å². The van der Waals surface area contributed by atoms with E-state index in [4.69, 9.17) is 4.74 Å². The van der Waals surface area contributed by atoms with Crippen LogP contribution in [0.1, 0.15) is 22.9 Å². The van der Waals surface area contributed by atoms with E-state index in [-0.39, 0.29) is 12.6 Å². The van der Waals surface area contributed by atoms with Crippen molar-refractivity contribution in [3.63, 3.8) is 0 Å². The molecule has 5 nitrogen and oxygen atoms in total. The molecule has 5 heteroatoms. The van der Waals surface area contributed by atoms with E-state index in [0.717, 1.165) is 16.9 Å². The Morgan fingerprint density at radius 2 is 2.15 bits per heavy atom. The first-order valence-electron chi connectivity index (χ1n) is 6.58. The second-order valence-electron chi connectivity index (χ2n) is 4.88. The molecule has 0 aliphatic heterocycles. The fourth-order valence-corrected chi connectivity index (χ4v) is 2.44. The van der Waals surface area contributed by atoms with Crippen molar-refractivity contribution in [2.75, 3.05) is 19.0 Å². The van der Waals surface area contributed by atoms with Crippen LogP contribution < -0.4 is 10.1 Å². The zero-order valence-corrected chi connectivity index (χ0v) is 12.3. The normalized spacial score (nSPS) is 12.2. The summed E-state index contributed by atoms with van der Waals surface area (Å²) in [5, 5.41) is 17.4. The maximum absolute atomic E-state index is 9.71. The van der Waals surface area contributed by atoms with Gasteiger partial charge in [0.2, 0.25) is 5.88 Å². The van der Waals surface area contributed by atoms with Crippen LogP contribution in [-0.2, 0) is 7.05 Å². The molecule has 2 aromatic rings. The molecule has 0 fully saturated rings. The summed E-state index contributed by atoms with van der Waals surface area (Å²) in [4.78, 5) is 0. The van der Waals surface area contributed by atoms with Gasteiger partial charge in [-0.05, 0) is 31.5 Å². The molecular formula is C15H21N3O2. The molecule has 108 valence electrons. The highest BCUT2D eigenvalue weighted by Gasteiger charge is 2.22. The Bertz CT molecular complexity index is 593. The predicted molar refractivity (Wildman–Crippen MR) is 79.1 cm³/mol. The lowest BCUT2D eigenvalue weighted by molar-refractivity contribution is 0.271. The Hall–Kier alpha value is -2.01. The minimum atomic E-state index is -0.250. The van der Waals surface area contributed by atoms with E-state index in [1.807, 2.05) is 45.2 Å². The largest absolute Gasteiger partial charge is 0.481 e. The number of ether oxygens (including phenoxy) is 1. The van der Waals surface area contributed by atoms with Gasteiger partial charge in [-0.2, -0.15) is 5.10 Å². The number of aryl methyl sites for hydroxylation is 3. The molecule has 1 atom stereocenters. The van der Waals surface area contributed by atoms with Gasteiger partial charge in [-0.3, -0.25) is 0 Å². The third-order valence-corrected chi connectivity index (χ3v) is 3.30. The molecule has 1 unspecified atom stereocenters. The maximum atomic E-state index is 9.71. The summed E-state index contributed by atoms with van der Waals surface area (Å²) in [6.07, 6.45) is 0. The molecule has 2 N–H and O–H groups in total. The highest BCUT2D eigenvalue weighted by Crippen LogP contribution is 2.30. The smallest absolute Gasteiger partial charge is 0.216 e. The zero-order chi connectivity index (χ0) is 14.7. The first-order valence-corrected chi connectivity index (χ1v) is 6.58. The standard InChI is InChI=1S/C15H21N3O2/c1-10-6-5-7-12(8-10)16-13(9-19)14-11(2)17-18(3)15(14)20-4/h5-8,13,16,19H,9H2,1-4H3. The fourth-order valence-electron chi connectivity index (χ4n) is 2.44. The van der Waals surface area contributed by atoms with Crippen molar-refractivity contribution in [2.24, 2.45) is 7.05 Å². The zero-order valence-electron chi connectivity index (χ0n) is 12.3. The second-order valence-corrected chi connectivity index (χ2v) is 4.88. The molecule has 0 aliphatic carbocycles. The van der Waals surface area contributed by atoms with Gasteiger partial charge in [0.25, 0.3) is 0 Å². The number of aromatic nitrogens is 2. The van der Waals surface area contributed by atoms with Gasteiger partial charge in [0.15, 0.2) is 0 Å². The molecule has 0 saturated heterocycles. The Kier molecular flexibility index (Phi) is 4.29. The summed E-state index contributed by atoms with van der Waals surface area (Å²) >= 11 is 0. The SMILES string of the molecule is COc1c(C(CO)Nc2cccc(C)c2)c(C)nn1C. The highest BCUT2D eigenvalue weighted by molar-refractivity contribution is 5.49. The first-order chi connectivity index (χ1) is 9.56. The van der Waals surface area contributed by atoms with Crippen molar-refractivity contribution in [3.05, 3.63) is 41.1 Å². The van der Waals surface area contributed by atoms with Crippen molar-refractivity contribution >= 4 is 5.69 Å². The van der Waals surface area contributed by atoms with Crippen LogP contribution in [0.25, 0.3) is 0 Å². The number of anilines is 1. The number of hydrogen-bond donors (Lipinski definition) is 2. The number of rotatable bonds is 5. The molecule has 0 spiro atoms. The Morgan fingerprint density at radius 3 is 2.75 bits per heavy atom. The topological polar surface area (TPSA) is 59.3 Å². The minimum Gasteiger partial charge on any atom is -0.481 e. The van der Waals surface area contributed by atoms with Crippen molar-refractivity contribution in [1.29, 1.82) is 0 Å². The average Bonchev–Trinajstić information content (AvgIpc) is 2.70. The van der Waals surface area contributed by atoms with E-state index >= 15 is 0 Å². The first kappa shape index (κ1) is 14.4. The van der Waals surface area contributed by atoms with E-state index in [1.54, 1.807) is 11.8 Å². The molecule has 1 aromatic carbocycles. The van der Waals surface area contributed by atoms with E-state index in [1.165, 1.54) is 5.56 Å². The summed E-state index contributed by atoms with van der Waals surface area (Å²) in [6, 6.07) is 7.80. The summed E-state index contributed by atoms with van der Waals surface area (Å²) in [7, 11) is 3.44. The van der Waals surface area contributed by atoms with Crippen LogP contribution >= 0.6 is 0 Å². The number of aliphatic hydroxyl groups is 1. The third kappa shape index (κ3) is 2.77. The van der Waals surface area contributed by atoms with Gasteiger partial charge in [-0.1, -0.05) is 12.1 Å². The van der Waals surface area contributed by atoms with Crippen LogP contribution in [0, 0.1) is 13.8 Å². The highest BCUT2D eigenvalue weighted by atomic mass is 16.5. The van der Waals surface area contributed by atoms with Gasteiger partial charge in [0, 0.05) is 12.7 Å². The number of nitrogens with one attached hydrogen (secondary N) is 1. The van der Waals surface area contributed by atoms with E-state index in [2.05, 4.69) is 10.4 Å². The number of aliphatic hydroxyl groups excluding tert-OH is 1. The fraction of sp³-hybridized carbons (Fsp3) is 0.400. The van der Waals surface area contributed by atoms with Crippen LogP contribution in [0.3, 0.4) is 0 Å². The van der Waals surface area contributed by atoms with Crippen molar-refractivity contribution < 1.29 is 9.84 Å². The van der Waals surface area contributed by atoms with Crippen LogP contribution in [-0.4, -0.2) is 28.6 Å². The van der Waals surface area contributed by atoms with E-state index in [9.17, 15) is 5.11 Å². The molecule has 20 heavy (non-hydrogen) atoms. The molecule has 0 radical (unpaired) electrons. The third-order valence-electron chi connectivity index (χ3n) is 3.30. The van der Waals surface area contributed by atoms with E-state index in [0.29, 0.717) is 5.88 Å². The molecule has 0 saturated carbocycles. The summed E-state index contributed by atoms with van der Waals surface area (Å²) in [5.74, 6) is 0.668. The number of hydrogen-bond acceptors (Lipinski definition) is 4. The van der Waals surface area contributed by atoms with Crippen molar-refractivity contribution in [3.8, 4) is 5.88 Å². The maximum Gasteiger partial charge on any atom is 0.216 e. The summed E-state index contributed by atoms with van der Waals surface area (Å²) in [5.41, 5.74) is 3.87. The lowest BCUT2D eigenvalue weighted by Gasteiger charge is -2.19. The molecule has 1 aromatic heterocycles. The average molecular weight is 275 g/mol. The molecule has 0 bridgehead atoms. The molecular weight excluding hydrogens is 254 g/mol. The van der Waals surface area contributed by atoms with Crippen molar-refractivity contribution in [2.45, 2.75) is 19.9 Å². The molecule has 2 rings (SSSR count). The number of benzene rings is 1. The summed E-state index contributed by atoms with van der Waals surface area (Å²) in [6.45, 7) is 3.92. The molecule has 1 heterocycles. The Labute approximate surface area is 119 Å². The second kappa shape index (κ2) is 5.96. The minimum absolute atomic E-state index is 0.0309. The lowest BCUT2D eigenvalue weighted by atomic mass is 10.1. The summed E-state index contributed by atoms with van der Waals surface area (Å²) < 4.78 is 7.08. The monoisotopic (exact) mass is 275 g/mol. The van der Waals surface area contributed by atoms with Crippen LogP contribution in [0.5, 0.6) is 5.88 Å². The van der Waals surface area contributed by atoms with Gasteiger partial charge < -0.3 is 15.2 Å². The Balaban J connectivity index is 2.33. The van der Waals surface area contributed by atoms with Crippen LogP contribution in [0.2, 0.25) is 0 Å². The number of nitrogens with zero attached hydrogens (tertiary/aromatic N) is 2. The van der Waals surface area contributed by atoms with Gasteiger partial charge >= 0.3 is 0 Å². The van der Waals surface area contributed by atoms with Crippen LogP contribution in [0.15, 0.2) is 24.3 Å². The predicted octanol–water partition coefficient (Wildman–Crippen LogP) is 2.19. The van der Waals surface area contributed by atoms with Gasteiger partial charge in [-0.25, -0.2) is 4.68 Å². The number of methoxy groups -OCH3 is 1. The molecule has 0 aliphatic rings. The van der Waals surface area contributed by atoms with Gasteiger partial charge in [0.05, 0.1) is 31.0 Å². The van der Waals surface area contributed by atoms with Crippen molar-refractivity contribution in [1.82, 2.24) is 9.78 Å². The van der Waals surface area contributed by atoms with E-state index < -0.39 is 0 Å². The Morgan fingerprint density at radius 1 is 1.40 bits per heavy atom. The van der Waals surface area contributed by atoms with Crippen LogP contribution in [0.4, 0.5) is 5.69 Å². The van der Waals surface area contributed by atoms with Gasteiger partial charge in [0.1, 0.15) is 0 Å². The quantitative estimate of drug-likeness (QED) is 0.878. The lowest BCUT2D eigenvalue weighted by Crippen LogP contribution is -2.16.